The van der Waals surface area contributed by atoms with E-state index in [0.29, 0.717) is 9.26 Å². The summed E-state index contributed by atoms with van der Waals surface area (Å²) < 4.78 is 13.6. The Morgan fingerprint density at radius 1 is 1.37 bits per heavy atom. The molecule has 0 aliphatic heterocycles. The third-order valence-electron chi connectivity index (χ3n) is 2.23. The lowest BCUT2D eigenvalue weighted by Gasteiger charge is -2.09. The number of halogens is 3. The highest BCUT2D eigenvalue weighted by atomic mass is 127. The van der Waals surface area contributed by atoms with Gasteiger partial charge in [0, 0.05) is 3.57 Å². The summed E-state index contributed by atoms with van der Waals surface area (Å²) in [5.74, 6) is -1.16. The Kier molecular flexibility index (Phi) is 4.20. The van der Waals surface area contributed by atoms with Crippen molar-refractivity contribution in [2.24, 2.45) is 0 Å². The van der Waals surface area contributed by atoms with E-state index in [9.17, 15) is 9.18 Å². The van der Waals surface area contributed by atoms with Gasteiger partial charge in [0.15, 0.2) is 0 Å². The normalized spacial score (nSPS) is 10.3. The molecule has 7 heteroatoms. The van der Waals surface area contributed by atoms with Gasteiger partial charge >= 0.3 is 5.97 Å². The summed E-state index contributed by atoms with van der Waals surface area (Å²) in [7, 11) is 0. The number of anilines is 2. The minimum atomic E-state index is -1.10. The second-order valence-corrected chi connectivity index (χ2v) is 5.17. The molecule has 0 aliphatic carbocycles. The highest BCUT2D eigenvalue weighted by Crippen LogP contribution is 2.24. The average Bonchev–Trinajstić information content (AvgIpc) is 2.32. The Morgan fingerprint density at radius 2 is 2.11 bits per heavy atom. The molecule has 98 valence electrons. The number of carboxylic acid groups (broad SMARTS) is 1. The van der Waals surface area contributed by atoms with E-state index < -0.39 is 5.97 Å². The van der Waals surface area contributed by atoms with Gasteiger partial charge in [-0.2, -0.15) is 0 Å². The zero-order chi connectivity index (χ0) is 14.0. The van der Waals surface area contributed by atoms with Crippen LogP contribution in [-0.2, 0) is 0 Å². The fraction of sp³-hybridized carbons (Fsp3) is 0. The predicted molar refractivity (Wildman–Crippen MR) is 78.6 cm³/mol. The molecule has 0 amide bonds. The first-order valence-electron chi connectivity index (χ1n) is 5.08. The fourth-order valence-corrected chi connectivity index (χ4v) is 2.23. The van der Waals surface area contributed by atoms with E-state index in [2.05, 4.69) is 10.3 Å². The largest absolute Gasteiger partial charge is 0.478 e. The van der Waals surface area contributed by atoms with Crippen LogP contribution in [0.25, 0.3) is 0 Å². The van der Waals surface area contributed by atoms with Crippen LogP contribution < -0.4 is 5.32 Å². The van der Waals surface area contributed by atoms with E-state index in [1.807, 2.05) is 22.6 Å². The molecule has 1 aromatic heterocycles. The van der Waals surface area contributed by atoms with Gasteiger partial charge in [-0.3, -0.25) is 0 Å². The Hall–Kier alpha value is -1.41. The molecule has 2 N–H and O–H groups in total. The third kappa shape index (κ3) is 3.54. The molecular weight excluding hydrogens is 385 g/mol. The van der Waals surface area contributed by atoms with Crippen molar-refractivity contribution in [3.63, 3.8) is 0 Å². The van der Waals surface area contributed by atoms with Crippen LogP contribution in [-0.4, -0.2) is 16.1 Å². The van der Waals surface area contributed by atoms with E-state index in [-0.39, 0.29) is 22.4 Å². The number of aromatic nitrogens is 1. The zero-order valence-corrected chi connectivity index (χ0v) is 12.2. The summed E-state index contributed by atoms with van der Waals surface area (Å²) in [6.07, 6.45) is 0. The average molecular weight is 393 g/mol. The molecule has 0 spiro atoms. The highest BCUT2D eigenvalue weighted by Gasteiger charge is 2.09. The van der Waals surface area contributed by atoms with Crippen LogP contribution in [0.1, 0.15) is 10.4 Å². The number of carboxylic acids is 1. The maximum atomic E-state index is 13.0. The second kappa shape index (κ2) is 5.70. The van der Waals surface area contributed by atoms with Gasteiger partial charge in [-0.1, -0.05) is 11.6 Å². The van der Waals surface area contributed by atoms with Crippen LogP contribution >= 0.6 is 34.2 Å². The molecule has 1 heterocycles. The van der Waals surface area contributed by atoms with Crippen LogP contribution in [0.4, 0.5) is 15.9 Å². The van der Waals surface area contributed by atoms with Crippen molar-refractivity contribution in [3.8, 4) is 0 Å². The molecule has 0 saturated heterocycles. The maximum absolute atomic E-state index is 13.0. The number of aromatic carboxylic acids is 1. The summed E-state index contributed by atoms with van der Waals surface area (Å²) in [6.45, 7) is 0. The fourth-order valence-electron chi connectivity index (χ4n) is 1.41. The molecular formula is C12H7ClFIN2O2. The maximum Gasteiger partial charge on any atom is 0.335 e. The van der Waals surface area contributed by atoms with Gasteiger partial charge in [0.25, 0.3) is 0 Å². The van der Waals surface area contributed by atoms with Crippen molar-refractivity contribution in [2.75, 3.05) is 5.32 Å². The van der Waals surface area contributed by atoms with E-state index in [4.69, 9.17) is 16.7 Å². The van der Waals surface area contributed by atoms with E-state index in [0.717, 1.165) is 0 Å². The van der Waals surface area contributed by atoms with Gasteiger partial charge < -0.3 is 10.4 Å². The molecule has 2 rings (SSSR count). The van der Waals surface area contributed by atoms with Crippen LogP contribution in [0.15, 0.2) is 30.3 Å². The standard InChI is InChI=1S/C12H7ClFIN2O2/c13-10-3-6(12(18)19)4-11(17-10)16-9-2-1-7(14)5-8(9)15/h1-5H,(H,16,17)(H,18,19). The molecule has 1 aromatic carbocycles. The summed E-state index contributed by atoms with van der Waals surface area (Å²) >= 11 is 7.71. The first-order valence-corrected chi connectivity index (χ1v) is 6.54. The number of carbonyl (C=O) groups is 1. The quantitative estimate of drug-likeness (QED) is 0.614. The number of hydrogen-bond acceptors (Lipinski definition) is 3. The van der Waals surface area contributed by atoms with Gasteiger partial charge in [-0.15, -0.1) is 0 Å². The molecule has 0 bridgehead atoms. The monoisotopic (exact) mass is 392 g/mol. The third-order valence-corrected chi connectivity index (χ3v) is 3.32. The molecule has 0 unspecified atom stereocenters. The molecule has 19 heavy (non-hydrogen) atoms. The number of pyridine rings is 1. The molecule has 2 aromatic rings. The van der Waals surface area contributed by atoms with Crippen LogP contribution in [0, 0.1) is 9.39 Å². The molecule has 0 aliphatic rings. The first-order chi connectivity index (χ1) is 8.95. The number of nitrogens with one attached hydrogen (secondary N) is 1. The van der Waals surface area contributed by atoms with Crippen molar-refractivity contribution in [3.05, 3.63) is 50.4 Å². The summed E-state index contributed by atoms with van der Waals surface area (Å²) in [6, 6.07) is 6.80. The minimum Gasteiger partial charge on any atom is -0.478 e. The van der Waals surface area contributed by atoms with E-state index in [1.54, 1.807) is 6.07 Å². The van der Waals surface area contributed by atoms with Crippen molar-refractivity contribution in [1.29, 1.82) is 0 Å². The zero-order valence-electron chi connectivity index (χ0n) is 9.32. The Balaban J connectivity index is 2.35. The molecule has 0 fully saturated rings. The minimum absolute atomic E-state index is 0.0274. The van der Waals surface area contributed by atoms with Crippen LogP contribution in [0.2, 0.25) is 5.15 Å². The van der Waals surface area contributed by atoms with Gasteiger partial charge in [0.05, 0.1) is 11.3 Å². The number of hydrogen-bond donors (Lipinski definition) is 2. The Labute approximate surface area is 126 Å². The van der Waals surface area contributed by atoms with Crippen LogP contribution in [0.5, 0.6) is 0 Å². The lowest BCUT2D eigenvalue weighted by molar-refractivity contribution is 0.0697. The van der Waals surface area contributed by atoms with E-state index in [1.165, 1.54) is 24.3 Å². The second-order valence-electron chi connectivity index (χ2n) is 3.62. The predicted octanol–water partition coefficient (Wildman–Crippen LogP) is 3.92. The van der Waals surface area contributed by atoms with Gasteiger partial charge in [0.2, 0.25) is 0 Å². The lowest BCUT2D eigenvalue weighted by atomic mass is 10.2. The molecule has 0 radical (unpaired) electrons. The number of nitrogens with zero attached hydrogens (tertiary/aromatic N) is 1. The van der Waals surface area contributed by atoms with Gasteiger partial charge in [-0.25, -0.2) is 14.2 Å². The topological polar surface area (TPSA) is 62.2 Å². The van der Waals surface area contributed by atoms with Crippen molar-refractivity contribution in [2.45, 2.75) is 0 Å². The van der Waals surface area contributed by atoms with Gasteiger partial charge in [-0.05, 0) is 52.9 Å². The summed E-state index contributed by atoms with van der Waals surface area (Å²) in [4.78, 5) is 14.9. The summed E-state index contributed by atoms with van der Waals surface area (Å²) in [5, 5.41) is 11.9. The lowest BCUT2D eigenvalue weighted by Crippen LogP contribution is -2.01. The molecule has 4 nitrogen and oxygen atoms in total. The van der Waals surface area contributed by atoms with E-state index >= 15 is 0 Å². The van der Waals surface area contributed by atoms with Gasteiger partial charge in [0.1, 0.15) is 16.8 Å². The smallest absolute Gasteiger partial charge is 0.335 e. The highest BCUT2D eigenvalue weighted by molar-refractivity contribution is 14.1. The van der Waals surface area contributed by atoms with Crippen LogP contribution in [0.3, 0.4) is 0 Å². The Morgan fingerprint density at radius 3 is 2.74 bits per heavy atom. The number of rotatable bonds is 3. The SMILES string of the molecule is O=C(O)c1cc(Cl)nc(Nc2ccc(F)cc2I)c1. The number of benzene rings is 1. The first kappa shape index (κ1) is 14.0. The van der Waals surface area contributed by atoms with Crippen molar-refractivity contribution in [1.82, 2.24) is 4.98 Å². The molecule has 0 saturated carbocycles. The Bertz CT molecular complexity index is 652. The van der Waals surface area contributed by atoms with Crippen molar-refractivity contribution >= 4 is 51.7 Å². The summed E-state index contributed by atoms with van der Waals surface area (Å²) in [5.41, 5.74) is 0.646. The molecule has 0 atom stereocenters. The van der Waals surface area contributed by atoms with Crippen molar-refractivity contribution < 1.29 is 14.3 Å².